The second-order valence-corrected chi connectivity index (χ2v) is 11.1. The van der Waals surface area contributed by atoms with Gasteiger partial charge in [0.2, 0.25) is 0 Å². The lowest BCUT2D eigenvalue weighted by Crippen LogP contribution is -2.68. The zero-order chi connectivity index (χ0) is 19.2. The molecular weight excluding hydrogens is 328 g/mol. The van der Waals surface area contributed by atoms with Crippen LogP contribution in [0.4, 0.5) is 0 Å². The Morgan fingerprint density at radius 2 is 1.65 bits per heavy atom. The van der Waals surface area contributed by atoms with Gasteiger partial charge in [-0.2, -0.15) is 0 Å². The number of carbonyl (C=O) groups is 1. The maximum atomic E-state index is 12.4. The van der Waals surface area contributed by atoms with Gasteiger partial charge < -0.3 is 15.3 Å². The normalized spacial score (nSPS) is 58.8. The van der Waals surface area contributed by atoms with Gasteiger partial charge in [0.1, 0.15) is 0 Å². The number of carboxylic acid groups (broad SMARTS) is 1. The Hall–Kier alpha value is -0.610. The number of carboxylic acids is 1. The largest absolute Gasteiger partial charge is 0.481 e. The SMILES string of the molecule is CC1(C(=O)O)CCCC2(C)C3(C)CCC4CC3(CCC12C)CC4(O)CO. The van der Waals surface area contributed by atoms with Crippen LogP contribution in [0.2, 0.25) is 0 Å². The number of hydrogen-bond donors (Lipinski definition) is 3. The molecule has 148 valence electrons. The topological polar surface area (TPSA) is 77.8 Å². The minimum absolute atomic E-state index is 0.0142. The fourth-order valence-electron chi connectivity index (χ4n) is 8.72. The monoisotopic (exact) mass is 364 g/mol. The second kappa shape index (κ2) is 5.05. The minimum Gasteiger partial charge on any atom is -0.481 e. The Labute approximate surface area is 157 Å². The van der Waals surface area contributed by atoms with Crippen molar-refractivity contribution < 1.29 is 20.1 Å². The Morgan fingerprint density at radius 1 is 0.962 bits per heavy atom. The van der Waals surface area contributed by atoms with Gasteiger partial charge in [0, 0.05) is 0 Å². The van der Waals surface area contributed by atoms with Crippen LogP contribution in [-0.2, 0) is 4.79 Å². The second-order valence-electron chi connectivity index (χ2n) is 11.1. The maximum Gasteiger partial charge on any atom is 0.309 e. The Kier molecular flexibility index (Phi) is 3.64. The predicted octanol–water partition coefficient (Wildman–Crippen LogP) is 3.99. The summed E-state index contributed by atoms with van der Waals surface area (Å²) in [5.74, 6) is -0.444. The van der Waals surface area contributed by atoms with Gasteiger partial charge >= 0.3 is 5.97 Å². The molecule has 0 saturated heterocycles. The molecule has 0 aromatic rings. The average molecular weight is 365 g/mol. The summed E-state index contributed by atoms with van der Waals surface area (Å²) in [7, 11) is 0. The van der Waals surface area contributed by atoms with Gasteiger partial charge in [0.05, 0.1) is 17.6 Å². The first-order chi connectivity index (χ1) is 11.9. The zero-order valence-electron chi connectivity index (χ0n) is 16.9. The molecule has 7 unspecified atom stereocenters. The van der Waals surface area contributed by atoms with Crippen molar-refractivity contribution in [3.05, 3.63) is 0 Å². The third-order valence-corrected chi connectivity index (χ3v) is 11.1. The Bertz CT molecular complexity index is 648. The van der Waals surface area contributed by atoms with E-state index in [9.17, 15) is 20.1 Å². The Balaban J connectivity index is 1.85. The van der Waals surface area contributed by atoms with E-state index in [2.05, 4.69) is 20.8 Å². The third-order valence-electron chi connectivity index (χ3n) is 11.1. The number of aliphatic hydroxyl groups excluding tert-OH is 1. The first-order valence-electron chi connectivity index (χ1n) is 10.5. The predicted molar refractivity (Wildman–Crippen MR) is 99.6 cm³/mol. The van der Waals surface area contributed by atoms with E-state index in [1.807, 2.05) is 6.92 Å². The fraction of sp³-hybridized carbons (Fsp3) is 0.955. The summed E-state index contributed by atoms with van der Waals surface area (Å²) >= 11 is 0. The summed E-state index contributed by atoms with van der Waals surface area (Å²) in [6.07, 6.45) is 8.38. The molecule has 0 aliphatic heterocycles. The van der Waals surface area contributed by atoms with E-state index < -0.39 is 17.0 Å². The number of fused-ring (bicyclic) bond motifs is 3. The standard InChI is InChI=1S/C22H36O4/c1-17(16(24)25)7-5-8-19(3)18(17,2)10-11-21-12-15(6-9-20(19,21)4)22(26,13-21)14-23/h15,23,26H,5-14H2,1-4H3,(H,24,25). The summed E-state index contributed by atoms with van der Waals surface area (Å²) in [5, 5.41) is 31.2. The van der Waals surface area contributed by atoms with E-state index >= 15 is 0 Å². The fourth-order valence-corrected chi connectivity index (χ4v) is 8.72. The lowest BCUT2D eigenvalue weighted by Gasteiger charge is -2.73. The highest BCUT2D eigenvalue weighted by Gasteiger charge is 2.76. The molecule has 3 N–H and O–H groups in total. The zero-order valence-corrected chi connectivity index (χ0v) is 16.9. The van der Waals surface area contributed by atoms with Crippen molar-refractivity contribution in [1.29, 1.82) is 0 Å². The quantitative estimate of drug-likeness (QED) is 0.692. The molecule has 7 atom stereocenters. The molecule has 0 aromatic heterocycles. The van der Waals surface area contributed by atoms with Crippen LogP contribution < -0.4 is 0 Å². The van der Waals surface area contributed by atoms with Crippen molar-refractivity contribution >= 4 is 5.97 Å². The van der Waals surface area contributed by atoms with Crippen molar-refractivity contribution in [1.82, 2.24) is 0 Å². The number of aliphatic carboxylic acids is 1. The van der Waals surface area contributed by atoms with Crippen molar-refractivity contribution in [2.45, 2.75) is 91.1 Å². The van der Waals surface area contributed by atoms with Gasteiger partial charge in [0.15, 0.2) is 0 Å². The van der Waals surface area contributed by atoms with E-state index in [-0.39, 0.29) is 34.2 Å². The molecule has 4 saturated carbocycles. The summed E-state index contributed by atoms with van der Waals surface area (Å²) < 4.78 is 0. The van der Waals surface area contributed by atoms with Gasteiger partial charge in [-0.05, 0) is 85.9 Å². The number of hydrogen-bond acceptors (Lipinski definition) is 3. The number of rotatable bonds is 2. The van der Waals surface area contributed by atoms with Crippen molar-refractivity contribution in [2.24, 2.45) is 33.0 Å². The third kappa shape index (κ3) is 1.73. The molecule has 4 fully saturated rings. The highest BCUT2D eigenvalue weighted by molar-refractivity contribution is 5.76. The smallest absolute Gasteiger partial charge is 0.309 e. The maximum absolute atomic E-state index is 12.4. The van der Waals surface area contributed by atoms with Gasteiger partial charge in [-0.3, -0.25) is 4.79 Å². The molecule has 2 bridgehead atoms. The first-order valence-corrected chi connectivity index (χ1v) is 10.5. The van der Waals surface area contributed by atoms with E-state index in [0.29, 0.717) is 6.42 Å². The molecule has 4 aliphatic carbocycles. The molecule has 0 aromatic carbocycles. The first kappa shape index (κ1) is 18.7. The summed E-state index contributed by atoms with van der Waals surface area (Å²) in [4.78, 5) is 12.4. The van der Waals surface area contributed by atoms with Crippen molar-refractivity contribution in [2.75, 3.05) is 6.61 Å². The average Bonchev–Trinajstić information content (AvgIpc) is 2.84. The highest BCUT2D eigenvalue weighted by Crippen LogP contribution is 2.81. The molecule has 1 spiro atoms. The van der Waals surface area contributed by atoms with Crippen LogP contribution in [0.5, 0.6) is 0 Å². The Morgan fingerprint density at radius 3 is 2.27 bits per heavy atom. The summed E-state index contributed by atoms with van der Waals surface area (Å²) in [6, 6.07) is 0. The van der Waals surface area contributed by atoms with E-state index in [1.54, 1.807) is 0 Å². The molecule has 4 aliphatic rings. The van der Waals surface area contributed by atoms with Crippen LogP contribution in [0.15, 0.2) is 0 Å². The van der Waals surface area contributed by atoms with Gasteiger partial charge in [-0.25, -0.2) is 0 Å². The van der Waals surface area contributed by atoms with Crippen LogP contribution in [0.25, 0.3) is 0 Å². The molecule has 0 amide bonds. The van der Waals surface area contributed by atoms with Gasteiger partial charge in [-0.1, -0.05) is 27.2 Å². The van der Waals surface area contributed by atoms with E-state index in [4.69, 9.17) is 0 Å². The lowest BCUT2D eigenvalue weighted by molar-refractivity contribution is -0.257. The van der Waals surface area contributed by atoms with Crippen LogP contribution in [-0.4, -0.2) is 33.5 Å². The molecule has 26 heavy (non-hydrogen) atoms. The molecule has 4 rings (SSSR count). The molecule has 0 radical (unpaired) electrons. The summed E-state index contributed by atoms with van der Waals surface area (Å²) in [5.41, 5.74) is -1.87. The van der Waals surface area contributed by atoms with Crippen LogP contribution >= 0.6 is 0 Å². The molecule has 4 heteroatoms. The van der Waals surface area contributed by atoms with E-state index in [0.717, 1.165) is 51.4 Å². The highest BCUT2D eigenvalue weighted by atomic mass is 16.4. The lowest BCUT2D eigenvalue weighted by atomic mass is 9.30. The molecular formula is C22H36O4. The summed E-state index contributed by atoms with van der Waals surface area (Å²) in [6.45, 7) is 8.86. The van der Waals surface area contributed by atoms with Crippen molar-refractivity contribution in [3.63, 3.8) is 0 Å². The molecule has 4 nitrogen and oxygen atoms in total. The molecule has 0 heterocycles. The minimum atomic E-state index is -0.938. The van der Waals surface area contributed by atoms with Crippen LogP contribution in [0, 0.1) is 33.0 Å². The van der Waals surface area contributed by atoms with E-state index in [1.165, 1.54) is 0 Å². The van der Waals surface area contributed by atoms with Crippen molar-refractivity contribution in [3.8, 4) is 0 Å². The van der Waals surface area contributed by atoms with Gasteiger partial charge in [-0.15, -0.1) is 0 Å². The van der Waals surface area contributed by atoms with Crippen LogP contribution in [0.1, 0.15) is 85.5 Å². The van der Waals surface area contributed by atoms with Crippen LogP contribution in [0.3, 0.4) is 0 Å². The van der Waals surface area contributed by atoms with Gasteiger partial charge in [0.25, 0.3) is 0 Å². The number of aliphatic hydroxyl groups is 2.